The van der Waals surface area contributed by atoms with Crippen LogP contribution in [0.15, 0.2) is 24.3 Å². The molecule has 0 spiro atoms. The molecule has 1 aromatic rings. The van der Waals surface area contributed by atoms with Crippen molar-refractivity contribution in [3.8, 4) is 5.75 Å². The predicted octanol–water partition coefficient (Wildman–Crippen LogP) is 1.56. The first-order valence-corrected chi connectivity index (χ1v) is 4.75. The average Bonchev–Trinajstić information content (AvgIpc) is 2.26. The van der Waals surface area contributed by atoms with Crippen molar-refractivity contribution in [2.45, 2.75) is 18.9 Å². The van der Waals surface area contributed by atoms with Crippen LogP contribution in [-0.2, 0) is 4.79 Å². The fourth-order valence-electron chi connectivity index (χ4n) is 1.30. The molecule has 0 aliphatic rings. The van der Waals surface area contributed by atoms with Gasteiger partial charge in [0.15, 0.2) is 0 Å². The Bertz CT molecular complexity index is 321. The van der Waals surface area contributed by atoms with Crippen LogP contribution in [-0.4, -0.2) is 18.2 Å². The molecule has 15 heavy (non-hydrogen) atoms. The smallest absolute Gasteiger partial charge is 0.303 e. The predicted molar refractivity (Wildman–Crippen MR) is 56.8 cm³/mol. The molecule has 4 nitrogen and oxygen atoms in total. The van der Waals surface area contributed by atoms with Crippen LogP contribution in [0.3, 0.4) is 0 Å². The molecular weight excluding hydrogens is 194 g/mol. The van der Waals surface area contributed by atoms with Crippen LogP contribution in [0.2, 0.25) is 0 Å². The van der Waals surface area contributed by atoms with Gasteiger partial charge in [0.2, 0.25) is 0 Å². The van der Waals surface area contributed by atoms with Gasteiger partial charge in [-0.15, -0.1) is 0 Å². The van der Waals surface area contributed by atoms with Gasteiger partial charge in [-0.1, -0.05) is 12.1 Å². The monoisotopic (exact) mass is 209 g/mol. The van der Waals surface area contributed by atoms with Crippen molar-refractivity contribution >= 4 is 5.97 Å². The largest absolute Gasteiger partial charge is 0.497 e. The summed E-state index contributed by atoms with van der Waals surface area (Å²) in [6.45, 7) is 0. The van der Waals surface area contributed by atoms with Gasteiger partial charge < -0.3 is 15.6 Å². The Labute approximate surface area is 88.7 Å². The lowest BCUT2D eigenvalue weighted by molar-refractivity contribution is -0.137. The van der Waals surface area contributed by atoms with E-state index in [-0.39, 0.29) is 12.5 Å². The van der Waals surface area contributed by atoms with E-state index in [4.69, 9.17) is 15.6 Å². The highest BCUT2D eigenvalue weighted by molar-refractivity contribution is 5.66. The number of methoxy groups -OCH3 is 1. The second-order valence-electron chi connectivity index (χ2n) is 3.31. The average molecular weight is 209 g/mol. The SMILES string of the molecule is COc1ccc(C(N)CCC(=O)O)cc1. The Kier molecular flexibility index (Phi) is 4.12. The maximum absolute atomic E-state index is 10.4. The summed E-state index contributed by atoms with van der Waals surface area (Å²) >= 11 is 0. The number of ether oxygens (including phenoxy) is 1. The van der Waals surface area contributed by atoms with Crippen molar-refractivity contribution in [3.05, 3.63) is 29.8 Å². The first kappa shape index (κ1) is 11.5. The van der Waals surface area contributed by atoms with E-state index in [9.17, 15) is 4.79 Å². The van der Waals surface area contributed by atoms with Crippen molar-refractivity contribution in [2.24, 2.45) is 5.73 Å². The van der Waals surface area contributed by atoms with E-state index in [1.165, 1.54) is 0 Å². The van der Waals surface area contributed by atoms with Crippen molar-refractivity contribution in [3.63, 3.8) is 0 Å². The molecular formula is C11H15NO3. The molecule has 1 aromatic carbocycles. The van der Waals surface area contributed by atoms with Crippen molar-refractivity contribution < 1.29 is 14.6 Å². The molecule has 0 heterocycles. The van der Waals surface area contributed by atoms with Crippen molar-refractivity contribution in [1.29, 1.82) is 0 Å². The van der Waals surface area contributed by atoms with Crippen LogP contribution in [0.5, 0.6) is 5.75 Å². The zero-order valence-electron chi connectivity index (χ0n) is 8.64. The Morgan fingerprint density at radius 1 is 1.47 bits per heavy atom. The number of hydrogen-bond acceptors (Lipinski definition) is 3. The van der Waals surface area contributed by atoms with Crippen LogP contribution >= 0.6 is 0 Å². The van der Waals surface area contributed by atoms with E-state index in [0.29, 0.717) is 6.42 Å². The van der Waals surface area contributed by atoms with E-state index >= 15 is 0 Å². The quantitative estimate of drug-likeness (QED) is 0.771. The third kappa shape index (κ3) is 3.59. The summed E-state index contributed by atoms with van der Waals surface area (Å²) in [4.78, 5) is 10.4. The molecule has 0 radical (unpaired) electrons. The van der Waals surface area contributed by atoms with Gasteiger partial charge in [-0.25, -0.2) is 0 Å². The van der Waals surface area contributed by atoms with E-state index < -0.39 is 5.97 Å². The van der Waals surface area contributed by atoms with Gasteiger partial charge in [0.05, 0.1) is 7.11 Å². The number of carboxylic acid groups (broad SMARTS) is 1. The van der Waals surface area contributed by atoms with Gasteiger partial charge in [-0.3, -0.25) is 4.79 Å². The minimum absolute atomic E-state index is 0.0905. The lowest BCUT2D eigenvalue weighted by Crippen LogP contribution is -2.12. The minimum atomic E-state index is -0.820. The Morgan fingerprint density at radius 3 is 2.53 bits per heavy atom. The second-order valence-corrected chi connectivity index (χ2v) is 3.31. The van der Waals surface area contributed by atoms with Gasteiger partial charge in [0.25, 0.3) is 0 Å². The van der Waals surface area contributed by atoms with Gasteiger partial charge in [0.1, 0.15) is 5.75 Å². The summed E-state index contributed by atoms with van der Waals surface area (Å²) in [6.07, 6.45) is 0.537. The topological polar surface area (TPSA) is 72.5 Å². The number of rotatable bonds is 5. The first-order chi connectivity index (χ1) is 7.13. The van der Waals surface area contributed by atoms with Crippen LogP contribution in [0, 0.1) is 0 Å². The molecule has 82 valence electrons. The number of hydrogen-bond donors (Lipinski definition) is 2. The standard InChI is InChI=1S/C11H15NO3/c1-15-9-4-2-8(3-5-9)10(12)6-7-11(13)14/h2-5,10H,6-7,12H2,1H3,(H,13,14). The minimum Gasteiger partial charge on any atom is -0.497 e. The normalized spacial score (nSPS) is 12.1. The number of benzene rings is 1. The molecule has 1 rings (SSSR count). The van der Waals surface area contributed by atoms with Gasteiger partial charge in [-0.05, 0) is 24.1 Å². The van der Waals surface area contributed by atoms with Crippen LogP contribution < -0.4 is 10.5 Å². The fourth-order valence-corrected chi connectivity index (χ4v) is 1.30. The number of aliphatic carboxylic acids is 1. The van der Waals surface area contributed by atoms with E-state index in [2.05, 4.69) is 0 Å². The molecule has 0 saturated heterocycles. The summed E-state index contributed by atoms with van der Waals surface area (Å²) in [6, 6.07) is 7.11. The fraction of sp³-hybridized carbons (Fsp3) is 0.364. The third-order valence-electron chi connectivity index (χ3n) is 2.21. The third-order valence-corrected chi connectivity index (χ3v) is 2.21. The Morgan fingerprint density at radius 2 is 2.07 bits per heavy atom. The molecule has 0 fully saturated rings. The second kappa shape index (κ2) is 5.36. The summed E-state index contributed by atoms with van der Waals surface area (Å²) < 4.78 is 5.01. The molecule has 4 heteroatoms. The zero-order valence-corrected chi connectivity index (χ0v) is 8.64. The molecule has 0 amide bonds. The molecule has 1 atom stereocenters. The van der Waals surface area contributed by atoms with Gasteiger partial charge in [-0.2, -0.15) is 0 Å². The highest BCUT2D eigenvalue weighted by Gasteiger charge is 2.08. The van der Waals surface area contributed by atoms with E-state index in [1.807, 2.05) is 24.3 Å². The molecule has 0 bridgehead atoms. The molecule has 0 aliphatic carbocycles. The number of carboxylic acids is 1. The number of carbonyl (C=O) groups is 1. The van der Waals surface area contributed by atoms with E-state index in [1.54, 1.807) is 7.11 Å². The van der Waals surface area contributed by atoms with Crippen LogP contribution in [0.25, 0.3) is 0 Å². The van der Waals surface area contributed by atoms with Crippen molar-refractivity contribution in [2.75, 3.05) is 7.11 Å². The summed E-state index contributed by atoms with van der Waals surface area (Å²) in [5, 5.41) is 8.52. The molecule has 0 saturated carbocycles. The lowest BCUT2D eigenvalue weighted by atomic mass is 10.0. The van der Waals surface area contributed by atoms with Crippen LogP contribution in [0.4, 0.5) is 0 Å². The maximum Gasteiger partial charge on any atom is 0.303 e. The summed E-state index contributed by atoms with van der Waals surface area (Å²) in [7, 11) is 1.60. The molecule has 0 aliphatic heterocycles. The Hall–Kier alpha value is -1.55. The zero-order chi connectivity index (χ0) is 11.3. The summed E-state index contributed by atoms with van der Waals surface area (Å²) in [5.74, 6) is -0.0526. The number of nitrogens with two attached hydrogens (primary N) is 1. The van der Waals surface area contributed by atoms with Gasteiger partial charge in [0, 0.05) is 12.5 Å². The highest BCUT2D eigenvalue weighted by Crippen LogP contribution is 2.19. The van der Waals surface area contributed by atoms with Crippen LogP contribution in [0.1, 0.15) is 24.4 Å². The molecule has 3 N–H and O–H groups in total. The molecule has 0 aromatic heterocycles. The molecule has 1 unspecified atom stereocenters. The van der Waals surface area contributed by atoms with Gasteiger partial charge >= 0.3 is 5.97 Å². The lowest BCUT2D eigenvalue weighted by Gasteiger charge is -2.10. The highest BCUT2D eigenvalue weighted by atomic mass is 16.5. The first-order valence-electron chi connectivity index (χ1n) is 4.75. The maximum atomic E-state index is 10.4. The Balaban J connectivity index is 2.57. The summed E-state index contributed by atoms with van der Waals surface area (Å²) in [5.41, 5.74) is 6.76. The van der Waals surface area contributed by atoms with Crippen molar-refractivity contribution in [1.82, 2.24) is 0 Å². The van der Waals surface area contributed by atoms with E-state index in [0.717, 1.165) is 11.3 Å².